The lowest BCUT2D eigenvalue weighted by Gasteiger charge is -2.33. The summed E-state index contributed by atoms with van der Waals surface area (Å²) in [6, 6.07) is 5.70. The van der Waals surface area contributed by atoms with E-state index in [1.807, 2.05) is 22.9 Å². The normalized spacial score (nSPS) is 20.2. The maximum absolute atomic E-state index is 13.3. The van der Waals surface area contributed by atoms with E-state index in [0.717, 1.165) is 29.9 Å². The number of allylic oxidation sites excluding steroid dienone is 1. The Kier molecular flexibility index (Phi) is 6.09. The van der Waals surface area contributed by atoms with Crippen molar-refractivity contribution in [3.05, 3.63) is 52.6 Å². The Bertz CT molecular complexity index is 1170. The summed E-state index contributed by atoms with van der Waals surface area (Å²) in [5, 5.41) is 4.79. The van der Waals surface area contributed by atoms with Crippen molar-refractivity contribution in [3.8, 4) is 0 Å². The molecule has 32 heavy (non-hydrogen) atoms. The first-order valence-electron chi connectivity index (χ1n) is 11.6. The maximum Gasteiger partial charge on any atom is 0.243 e. The molecule has 1 aliphatic heterocycles. The molecule has 3 aliphatic rings. The highest BCUT2D eigenvalue weighted by molar-refractivity contribution is 7.89. The molecule has 1 saturated heterocycles. The van der Waals surface area contributed by atoms with Gasteiger partial charge in [-0.15, -0.1) is 6.58 Å². The van der Waals surface area contributed by atoms with Gasteiger partial charge in [-0.25, -0.2) is 13.1 Å². The van der Waals surface area contributed by atoms with Crippen LogP contribution in [0.5, 0.6) is 0 Å². The Morgan fingerprint density at radius 2 is 1.81 bits per heavy atom. The number of hydrogen-bond donors (Lipinski definition) is 0. The Morgan fingerprint density at radius 1 is 1.09 bits per heavy atom. The SMILES string of the molecule is C=CCn1c(C2CC2)nn(CN2CCN(S(=O)(=O)c3ccc4c(c3)CCCC4)CC2)c1=S. The fraction of sp³-hybridized carbons (Fsp3) is 0.565. The topological polar surface area (TPSA) is 63.4 Å². The van der Waals surface area contributed by atoms with Crippen molar-refractivity contribution in [2.45, 2.75) is 62.6 Å². The minimum absolute atomic E-state index is 0.436. The highest BCUT2D eigenvalue weighted by Crippen LogP contribution is 2.39. The molecule has 1 aromatic carbocycles. The molecule has 1 saturated carbocycles. The summed E-state index contributed by atoms with van der Waals surface area (Å²) in [7, 11) is -3.46. The number of rotatable bonds is 7. The highest BCUT2D eigenvalue weighted by atomic mass is 32.2. The first-order valence-corrected chi connectivity index (χ1v) is 13.4. The molecule has 1 aromatic heterocycles. The molecule has 2 aromatic rings. The number of aryl methyl sites for hydroxylation is 2. The van der Waals surface area contributed by atoms with E-state index < -0.39 is 10.0 Å². The van der Waals surface area contributed by atoms with E-state index >= 15 is 0 Å². The third-order valence-electron chi connectivity index (χ3n) is 6.83. The number of aromatic nitrogens is 3. The monoisotopic (exact) mass is 473 g/mol. The van der Waals surface area contributed by atoms with E-state index in [1.54, 1.807) is 10.4 Å². The molecule has 0 unspecified atom stereocenters. The van der Waals surface area contributed by atoms with Gasteiger partial charge in [0.2, 0.25) is 10.0 Å². The van der Waals surface area contributed by atoms with Gasteiger partial charge in [0.1, 0.15) is 5.82 Å². The van der Waals surface area contributed by atoms with E-state index in [0.29, 0.717) is 50.2 Å². The van der Waals surface area contributed by atoms with Crippen molar-refractivity contribution in [3.63, 3.8) is 0 Å². The molecule has 0 bridgehead atoms. The van der Waals surface area contributed by atoms with Crippen molar-refractivity contribution in [2.75, 3.05) is 26.2 Å². The molecule has 2 aliphatic carbocycles. The van der Waals surface area contributed by atoms with Crippen LogP contribution < -0.4 is 0 Å². The van der Waals surface area contributed by atoms with Gasteiger partial charge >= 0.3 is 0 Å². The molecule has 0 N–H and O–H groups in total. The van der Waals surface area contributed by atoms with Gasteiger partial charge in [0.25, 0.3) is 0 Å². The molecule has 0 amide bonds. The maximum atomic E-state index is 13.3. The van der Waals surface area contributed by atoms with Crippen LogP contribution in [0.1, 0.15) is 48.6 Å². The molecule has 2 heterocycles. The largest absolute Gasteiger partial charge is 0.300 e. The van der Waals surface area contributed by atoms with E-state index in [9.17, 15) is 8.42 Å². The number of fused-ring (bicyclic) bond motifs is 1. The summed E-state index contributed by atoms with van der Waals surface area (Å²) < 4.78 is 32.8. The lowest BCUT2D eigenvalue weighted by atomic mass is 9.92. The third kappa shape index (κ3) is 4.23. The smallest absolute Gasteiger partial charge is 0.243 e. The van der Waals surface area contributed by atoms with Gasteiger partial charge in [-0.2, -0.15) is 9.40 Å². The van der Waals surface area contributed by atoms with Gasteiger partial charge in [0.05, 0.1) is 11.6 Å². The predicted octanol–water partition coefficient (Wildman–Crippen LogP) is 3.32. The Morgan fingerprint density at radius 3 is 2.50 bits per heavy atom. The van der Waals surface area contributed by atoms with Crippen molar-refractivity contribution >= 4 is 22.2 Å². The molecule has 5 rings (SSSR count). The summed E-state index contributed by atoms with van der Waals surface area (Å²) in [4.78, 5) is 2.67. The molecular formula is C23H31N5O2S2. The minimum atomic E-state index is -3.46. The number of piperazine rings is 1. The lowest BCUT2D eigenvalue weighted by molar-refractivity contribution is 0.144. The Balaban J connectivity index is 1.26. The van der Waals surface area contributed by atoms with Gasteiger partial charge in [0.15, 0.2) is 4.77 Å². The van der Waals surface area contributed by atoms with Crippen LogP contribution in [0, 0.1) is 4.77 Å². The van der Waals surface area contributed by atoms with Gasteiger partial charge in [-0.05, 0) is 74.0 Å². The standard InChI is InChI=1S/C23H31N5O2S2/c1-2-11-27-22(19-7-8-19)24-28(23(27)31)17-25-12-14-26(15-13-25)32(29,30)21-10-9-18-5-3-4-6-20(18)16-21/h2,9-10,16,19H,1,3-8,11-15,17H2. The van der Waals surface area contributed by atoms with Crippen LogP contribution in [0.2, 0.25) is 0 Å². The number of sulfonamides is 1. The van der Waals surface area contributed by atoms with Crippen LogP contribution in [0.3, 0.4) is 0 Å². The second kappa shape index (κ2) is 8.85. The number of nitrogens with zero attached hydrogens (tertiary/aromatic N) is 5. The van der Waals surface area contributed by atoms with Crippen LogP contribution in [0.15, 0.2) is 35.7 Å². The first-order chi connectivity index (χ1) is 15.5. The fourth-order valence-corrected chi connectivity index (χ4v) is 6.55. The molecular weight excluding hydrogens is 442 g/mol. The zero-order chi connectivity index (χ0) is 22.3. The van der Waals surface area contributed by atoms with Crippen molar-refractivity contribution < 1.29 is 8.42 Å². The van der Waals surface area contributed by atoms with Gasteiger partial charge in [-0.1, -0.05) is 12.1 Å². The van der Waals surface area contributed by atoms with Crippen molar-refractivity contribution in [1.29, 1.82) is 0 Å². The van der Waals surface area contributed by atoms with Gasteiger partial charge < -0.3 is 0 Å². The van der Waals surface area contributed by atoms with E-state index in [-0.39, 0.29) is 0 Å². The third-order valence-corrected chi connectivity index (χ3v) is 9.15. The average molecular weight is 474 g/mol. The lowest BCUT2D eigenvalue weighted by Crippen LogP contribution is -2.49. The summed E-state index contributed by atoms with van der Waals surface area (Å²) in [5.74, 6) is 1.57. The number of benzene rings is 1. The van der Waals surface area contributed by atoms with E-state index in [1.165, 1.54) is 30.4 Å². The molecule has 0 spiro atoms. The van der Waals surface area contributed by atoms with E-state index in [4.69, 9.17) is 17.3 Å². The highest BCUT2D eigenvalue weighted by Gasteiger charge is 2.32. The van der Waals surface area contributed by atoms with Crippen molar-refractivity contribution in [1.82, 2.24) is 23.6 Å². The summed E-state index contributed by atoms with van der Waals surface area (Å²) >= 11 is 5.67. The predicted molar refractivity (Wildman–Crippen MR) is 127 cm³/mol. The van der Waals surface area contributed by atoms with Crippen LogP contribution in [-0.4, -0.2) is 58.1 Å². The molecule has 0 atom stereocenters. The molecule has 7 nitrogen and oxygen atoms in total. The van der Waals surface area contributed by atoms with Crippen LogP contribution in [0.4, 0.5) is 0 Å². The zero-order valence-electron chi connectivity index (χ0n) is 18.4. The fourth-order valence-electron chi connectivity index (χ4n) is 4.81. The van der Waals surface area contributed by atoms with Crippen LogP contribution >= 0.6 is 12.2 Å². The van der Waals surface area contributed by atoms with Gasteiger partial charge in [0, 0.05) is 38.6 Å². The minimum Gasteiger partial charge on any atom is -0.300 e. The Hall–Kier alpha value is -1.81. The quantitative estimate of drug-likeness (QED) is 0.456. The van der Waals surface area contributed by atoms with Crippen LogP contribution in [-0.2, 0) is 36.1 Å². The van der Waals surface area contributed by atoms with Gasteiger partial charge in [-0.3, -0.25) is 9.47 Å². The summed E-state index contributed by atoms with van der Waals surface area (Å²) in [6.07, 6.45) is 8.57. The second-order valence-electron chi connectivity index (χ2n) is 9.12. The molecule has 0 radical (unpaired) electrons. The molecule has 172 valence electrons. The van der Waals surface area contributed by atoms with Crippen molar-refractivity contribution in [2.24, 2.45) is 0 Å². The zero-order valence-corrected chi connectivity index (χ0v) is 20.1. The Labute approximate surface area is 195 Å². The van der Waals surface area contributed by atoms with Crippen LogP contribution in [0.25, 0.3) is 0 Å². The van der Waals surface area contributed by atoms with E-state index in [2.05, 4.69) is 16.0 Å². The summed E-state index contributed by atoms with van der Waals surface area (Å²) in [6.45, 7) is 7.41. The average Bonchev–Trinajstić information content (AvgIpc) is 3.61. The first kappa shape index (κ1) is 22.0. The molecule has 2 fully saturated rings. The number of hydrogen-bond acceptors (Lipinski definition) is 5. The summed E-state index contributed by atoms with van der Waals surface area (Å²) in [5.41, 5.74) is 2.50. The second-order valence-corrected chi connectivity index (χ2v) is 11.4. The molecule has 9 heteroatoms.